The largest absolute Gasteiger partial charge is 0.461 e. The Labute approximate surface area is 231 Å². The Balaban J connectivity index is 1.37. The number of nitrogens with zero attached hydrogens (tertiary/aromatic N) is 4. The summed E-state index contributed by atoms with van der Waals surface area (Å²) < 4.78 is 44.1. The number of hydrogen-bond acceptors (Lipinski definition) is 7. The van der Waals surface area contributed by atoms with Crippen LogP contribution < -0.4 is 10.6 Å². The number of halogens is 4. The molecule has 0 aliphatic heterocycles. The van der Waals surface area contributed by atoms with Gasteiger partial charge in [-0.25, -0.2) is 24.5 Å². The highest BCUT2D eigenvalue weighted by atomic mass is 35.5. The minimum Gasteiger partial charge on any atom is -0.461 e. The maximum atomic E-state index is 13.0. The molecule has 10 nitrogen and oxygen atoms in total. The molecular formula is C26H23ClF3N7O3. The number of hydrogen-bond donors (Lipinski definition) is 3. The molecule has 4 aromatic rings. The van der Waals surface area contributed by atoms with E-state index in [2.05, 4.69) is 35.8 Å². The van der Waals surface area contributed by atoms with Crippen LogP contribution in [-0.2, 0) is 23.8 Å². The molecule has 0 bridgehead atoms. The maximum absolute atomic E-state index is 13.0. The first kappa shape index (κ1) is 28.5. The van der Waals surface area contributed by atoms with Crippen LogP contribution in [0.1, 0.15) is 51.4 Å². The molecule has 208 valence electrons. The van der Waals surface area contributed by atoms with Crippen LogP contribution in [0.15, 0.2) is 48.7 Å². The van der Waals surface area contributed by atoms with E-state index in [1.54, 1.807) is 25.1 Å². The van der Waals surface area contributed by atoms with Gasteiger partial charge < -0.3 is 10.1 Å². The maximum Gasteiger partial charge on any atom is 0.417 e. The lowest BCUT2D eigenvalue weighted by atomic mass is 10.1. The summed E-state index contributed by atoms with van der Waals surface area (Å²) in [5.74, 6) is 0.227. The molecule has 40 heavy (non-hydrogen) atoms. The fourth-order valence-corrected chi connectivity index (χ4v) is 3.94. The third-order valence-electron chi connectivity index (χ3n) is 5.40. The number of carbonyl (C=O) groups excluding carboxylic acids is 2. The molecule has 0 saturated heterocycles. The predicted molar refractivity (Wildman–Crippen MR) is 140 cm³/mol. The second kappa shape index (κ2) is 12.1. The van der Waals surface area contributed by atoms with Gasteiger partial charge in [0.05, 0.1) is 22.9 Å². The number of nitrogens with one attached hydrogen (secondary N) is 3. The zero-order valence-electron chi connectivity index (χ0n) is 21.3. The average molecular weight is 574 g/mol. The number of amides is 2. The lowest BCUT2D eigenvalue weighted by Gasteiger charge is -2.12. The zero-order valence-corrected chi connectivity index (χ0v) is 22.0. The number of carbonyl (C=O) groups is 2. The molecule has 0 radical (unpaired) electrons. The van der Waals surface area contributed by atoms with Crippen molar-refractivity contribution in [2.45, 2.75) is 32.9 Å². The molecule has 0 unspecified atom stereocenters. The Bertz CT molecular complexity index is 1520. The molecule has 0 fully saturated rings. The van der Waals surface area contributed by atoms with Gasteiger partial charge in [-0.3, -0.25) is 10.4 Å². The van der Waals surface area contributed by atoms with Crippen molar-refractivity contribution in [1.29, 1.82) is 0 Å². The van der Waals surface area contributed by atoms with Gasteiger partial charge in [0.25, 0.3) is 0 Å². The molecule has 0 atom stereocenters. The van der Waals surface area contributed by atoms with Crippen molar-refractivity contribution >= 4 is 35.1 Å². The quantitative estimate of drug-likeness (QED) is 0.234. The molecular weight excluding hydrogens is 551 g/mol. The lowest BCUT2D eigenvalue weighted by molar-refractivity contribution is -0.137. The van der Waals surface area contributed by atoms with Crippen molar-refractivity contribution in [3.8, 4) is 0 Å². The van der Waals surface area contributed by atoms with Crippen LogP contribution in [0.4, 0.5) is 29.5 Å². The van der Waals surface area contributed by atoms with Crippen molar-refractivity contribution < 1.29 is 27.5 Å². The van der Waals surface area contributed by atoms with Crippen molar-refractivity contribution in [3.63, 3.8) is 0 Å². The number of benzene rings is 1. The standard InChI is InChI=1S/C26H23ClF3N7O3/c1-3-40-24(38)21-12-18(36-37-21)10-17-8-14(2)32-23(33-17)9-15-4-7-22(31-13-15)35-25(39)34-16-5-6-20(27)19(11-16)26(28,29)30/h4-8,11-13H,3,9-10H2,1-2H3,(H,36,37)(H2,31,34,35,39). The van der Waals surface area contributed by atoms with Crippen LogP contribution in [0.25, 0.3) is 0 Å². The third-order valence-corrected chi connectivity index (χ3v) is 5.73. The summed E-state index contributed by atoms with van der Waals surface area (Å²) in [6.07, 6.45) is -2.37. The van der Waals surface area contributed by atoms with Crippen molar-refractivity contribution in [3.05, 3.63) is 93.4 Å². The molecule has 4 rings (SSSR count). The molecule has 3 aromatic heterocycles. The summed E-state index contributed by atoms with van der Waals surface area (Å²) in [4.78, 5) is 37.4. The number of alkyl halides is 3. The minimum absolute atomic E-state index is 0.0782. The molecule has 0 spiro atoms. The number of aryl methyl sites for hydroxylation is 1. The Morgan fingerprint density at radius 3 is 2.55 bits per heavy atom. The summed E-state index contributed by atoms with van der Waals surface area (Å²) in [7, 11) is 0. The van der Waals surface area contributed by atoms with E-state index in [-0.39, 0.29) is 23.8 Å². The fraction of sp³-hybridized carbons (Fsp3) is 0.231. The Morgan fingerprint density at radius 1 is 1.05 bits per heavy atom. The number of pyridine rings is 1. The van der Waals surface area contributed by atoms with Gasteiger partial charge in [0.15, 0.2) is 5.69 Å². The van der Waals surface area contributed by atoms with Gasteiger partial charge in [-0.2, -0.15) is 18.3 Å². The average Bonchev–Trinajstić information content (AvgIpc) is 3.34. The van der Waals surface area contributed by atoms with E-state index in [9.17, 15) is 22.8 Å². The van der Waals surface area contributed by atoms with Gasteiger partial charge in [0.2, 0.25) is 0 Å². The highest BCUT2D eigenvalue weighted by Gasteiger charge is 2.33. The first-order valence-corrected chi connectivity index (χ1v) is 12.3. The van der Waals surface area contributed by atoms with Gasteiger partial charge in [-0.05, 0) is 55.8 Å². The molecule has 0 aliphatic carbocycles. The Hall–Kier alpha value is -4.52. The summed E-state index contributed by atoms with van der Waals surface area (Å²) >= 11 is 5.61. The number of esters is 1. The highest BCUT2D eigenvalue weighted by molar-refractivity contribution is 6.31. The number of aromatic amines is 1. The Morgan fingerprint density at radius 2 is 1.85 bits per heavy atom. The number of rotatable bonds is 8. The molecule has 1 aromatic carbocycles. The van der Waals surface area contributed by atoms with Crippen molar-refractivity contribution in [2.24, 2.45) is 0 Å². The molecule has 3 N–H and O–H groups in total. The van der Waals surface area contributed by atoms with E-state index in [1.165, 1.54) is 12.3 Å². The monoisotopic (exact) mass is 573 g/mol. The van der Waals surface area contributed by atoms with Crippen LogP contribution in [0.2, 0.25) is 5.02 Å². The number of H-pyrrole nitrogens is 1. The lowest BCUT2D eigenvalue weighted by Crippen LogP contribution is -2.20. The number of urea groups is 1. The number of aromatic nitrogens is 5. The molecule has 14 heteroatoms. The van der Waals surface area contributed by atoms with Gasteiger partial charge in [0.1, 0.15) is 11.6 Å². The highest BCUT2D eigenvalue weighted by Crippen LogP contribution is 2.36. The van der Waals surface area contributed by atoms with Crippen LogP contribution in [-0.4, -0.2) is 43.8 Å². The van der Waals surface area contributed by atoms with E-state index in [4.69, 9.17) is 16.3 Å². The Kier molecular flexibility index (Phi) is 8.63. The first-order valence-electron chi connectivity index (χ1n) is 11.9. The summed E-state index contributed by atoms with van der Waals surface area (Å²) in [5, 5.41) is 11.1. The second-order valence-electron chi connectivity index (χ2n) is 8.59. The summed E-state index contributed by atoms with van der Waals surface area (Å²) in [6.45, 7) is 3.81. The SMILES string of the molecule is CCOC(=O)c1cc(Cc2cc(C)nc(Cc3ccc(NC(=O)Nc4ccc(Cl)c(C(F)(F)F)c4)nc3)n2)[nH]n1. The van der Waals surface area contributed by atoms with E-state index in [1.807, 2.05) is 13.0 Å². The number of anilines is 2. The van der Waals surface area contributed by atoms with Gasteiger partial charge in [0, 0.05) is 36.1 Å². The molecule has 0 saturated carbocycles. The van der Waals surface area contributed by atoms with Gasteiger partial charge in [-0.1, -0.05) is 17.7 Å². The van der Waals surface area contributed by atoms with Gasteiger partial charge in [-0.15, -0.1) is 0 Å². The van der Waals surface area contributed by atoms with E-state index in [0.29, 0.717) is 24.4 Å². The van der Waals surface area contributed by atoms with Crippen LogP contribution in [0.3, 0.4) is 0 Å². The molecule has 0 aliphatic rings. The molecule has 3 heterocycles. The minimum atomic E-state index is -4.66. The van der Waals surface area contributed by atoms with Crippen molar-refractivity contribution in [2.75, 3.05) is 17.2 Å². The van der Waals surface area contributed by atoms with E-state index in [0.717, 1.165) is 29.1 Å². The third kappa shape index (κ3) is 7.53. The molecule has 2 amide bonds. The normalized spacial score (nSPS) is 11.2. The predicted octanol–water partition coefficient (Wildman–Crippen LogP) is 5.58. The zero-order chi connectivity index (χ0) is 28.9. The van der Waals surface area contributed by atoms with E-state index < -0.39 is 28.8 Å². The van der Waals surface area contributed by atoms with Crippen LogP contribution >= 0.6 is 11.6 Å². The fourth-order valence-electron chi connectivity index (χ4n) is 3.71. The van der Waals surface area contributed by atoms with Crippen molar-refractivity contribution in [1.82, 2.24) is 25.1 Å². The summed E-state index contributed by atoms with van der Waals surface area (Å²) in [5.41, 5.74) is 1.99. The first-order chi connectivity index (χ1) is 19.0. The van der Waals surface area contributed by atoms with Crippen LogP contribution in [0.5, 0.6) is 0 Å². The number of ether oxygens (including phenoxy) is 1. The smallest absolute Gasteiger partial charge is 0.417 e. The topological polar surface area (TPSA) is 135 Å². The van der Waals surface area contributed by atoms with Gasteiger partial charge >= 0.3 is 18.2 Å². The van der Waals surface area contributed by atoms with Crippen LogP contribution in [0, 0.1) is 6.92 Å². The second-order valence-corrected chi connectivity index (χ2v) is 9.00. The summed E-state index contributed by atoms with van der Waals surface area (Å²) in [6, 6.07) is 9.01. The van der Waals surface area contributed by atoms with E-state index >= 15 is 0 Å².